The molecular formula is C19H25F5N2O5S. The molecule has 1 amide bonds. The van der Waals surface area contributed by atoms with Crippen LogP contribution in [0.4, 0.5) is 26.7 Å². The van der Waals surface area contributed by atoms with E-state index in [1.165, 1.54) is 11.0 Å². The molecule has 1 heterocycles. The second-order valence-corrected chi connectivity index (χ2v) is 10.2. The SMILES string of the molecule is CC(C)(C)OC(=O)N[C@@H]1CN(C[C@H](CS(=O)(=O)O)C(F)(F)F)C[C@H]1c1ccc(F)c(F)c1. The van der Waals surface area contributed by atoms with Crippen LogP contribution in [0.2, 0.25) is 0 Å². The van der Waals surface area contributed by atoms with Gasteiger partial charge in [0.2, 0.25) is 0 Å². The molecule has 0 aromatic heterocycles. The number of alkyl halides is 3. The average Bonchev–Trinajstić information content (AvgIpc) is 2.95. The molecule has 0 bridgehead atoms. The maximum Gasteiger partial charge on any atom is 0.407 e. The van der Waals surface area contributed by atoms with E-state index in [9.17, 15) is 35.2 Å². The molecule has 7 nitrogen and oxygen atoms in total. The fourth-order valence-corrected chi connectivity index (χ4v) is 4.34. The number of likely N-dealkylation sites (tertiary alicyclic amines) is 1. The number of benzene rings is 1. The van der Waals surface area contributed by atoms with E-state index in [-0.39, 0.29) is 18.7 Å². The molecule has 1 aromatic rings. The Morgan fingerprint density at radius 3 is 2.34 bits per heavy atom. The van der Waals surface area contributed by atoms with Gasteiger partial charge in [-0.15, -0.1) is 0 Å². The highest BCUT2D eigenvalue weighted by Gasteiger charge is 2.45. The van der Waals surface area contributed by atoms with E-state index in [1.54, 1.807) is 20.8 Å². The molecule has 0 unspecified atom stereocenters. The lowest BCUT2D eigenvalue weighted by atomic mass is 9.94. The largest absolute Gasteiger partial charge is 0.444 e. The fraction of sp³-hybridized carbons (Fsp3) is 0.632. The summed E-state index contributed by atoms with van der Waals surface area (Å²) in [5.74, 6) is -6.89. The molecule has 1 saturated heterocycles. The second-order valence-electron chi connectivity index (χ2n) is 8.74. The number of nitrogens with one attached hydrogen (secondary N) is 1. The summed E-state index contributed by atoms with van der Waals surface area (Å²) in [6.45, 7) is 3.82. The van der Waals surface area contributed by atoms with Crippen molar-refractivity contribution in [3.05, 3.63) is 35.4 Å². The third kappa shape index (κ3) is 7.85. The maximum absolute atomic E-state index is 13.8. The van der Waals surface area contributed by atoms with Crippen molar-refractivity contribution in [1.82, 2.24) is 10.2 Å². The highest BCUT2D eigenvalue weighted by Crippen LogP contribution is 2.33. The zero-order valence-corrected chi connectivity index (χ0v) is 18.4. The van der Waals surface area contributed by atoms with Crippen molar-refractivity contribution >= 4 is 16.2 Å². The first-order chi connectivity index (χ1) is 14.4. The van der Waals surface area contributed by atoms with Crippen molar-refractivity contribution in [1.29, 1.82) is 0 Å². The molecule has 1 aromatic carbocycles. The Bertz CT molecular complexity index is 933. The quantitative estimate of drug-likeness (QED) is 0.471. The topological polar surface area (TPSA) is 95.9 Å². The van der Waals surface area contributed by atoms with Crippen molar-refractivity contribution in [3.63, 3.8) is 0 Å². The maximum atomic E-state index is 13.8. The van der Waals surface area contributed by atoms with E-state index in [1.807, 2.05) is 0 Å². The molecule has 0 aliphatic carbocycles. The van der Waals surface area contributed by atoms with Gasteiger partial charge in [-0.1, -0.05) is 6.07 Å². The van der Waals surface area contributed by atoms with Gasteiger partial charge in [0.05, 0.1) is 17.7 Å². The molecule has 2 N–H and O–H groups in total. The van der Waals surface area contributed by atoms with Gasteiger partial charge in [0.25, 0.3) is 10.1 Å². The summed E-state index contributed by atoms with van der Waals surface area (Å²) in [5, 5.41) is 2.54. The zero-order valence-electron chi connectivity index (χ0n) is 17.6. The Morgan fingerprint density at radius 2 is 1.84 bits per heavy atom. The summed E-state index contributed by atoms with van der Waals surface area (Å²) in [7, 11) is -4.90. The number of carbonyl (C=O) groups excluding carboxylic acids is 1. The Kier molecular flexibility index (Phi) is 7.78. The van der Waals surface area contributed by atoms with Crippen LogP contribution < -0.4 is 5.32 Å². The van der Waals surface area contributed by atoms with Crippen molar-refractivity contribution < 1.29 is 44.5 Å². The van der Waals surface area contributed by atoms with E-state index in [4.69, 9.17) is 9.29 Å². The van der Waals surface area contributed by atoms with E-state index < -0.39 is 69.8 Å². The molecule has 13 heteroatoms. The zero-order chi connectivity index (χ0) is 24.5. The van der Waals surface area contributed by atoms with Crippen LogP contribution >= 0.6 is 0 Å². The summed E-state index contributed by atoms with van der Waals surface area (Å²) >= 11 is 0. The number of ether oxygens (including phenoxy) is 1. The molecule has 1 fully saturated rings. The molecule has 1 aliphatic heterocycles. The number of halogens is 5. The standard InChI is InChI=1S/C19H25F5N2O5S/c1-18(2,3)31-17(27)25-16-9-26(7-12(19(22,23)24)10-32(28,29)30)8-13(16)11-4-5-14(20)15(21)6-11/h4-6,12-13,16H,7-10H2,1-3H3,(H,25,27)(H,28,29,30)/t12-,13+,16-/m1/s1. The first kappa shape index (κ1) is 26.3. The summed E-state index contributed by atoms with van der Waals surface area (Å²) in [6, 6.07) is 2.20. The second kappa shape index (κ2) is 9.48. The summed E-state index contributed by atoms with van der Waals surface area (Å²) < 4.78 is 103. The number of carbonyl (C=O) groups is 1. The van der Waals surface area contributed by atoms with Crippen LogP contribution in [0.3, 0.4) is 0 Å². The predicted molar refractivity (Wildman–Crippen MR) is 105 cm³/mol. The minimum Gasteiger partial charge on any atom is -0.444 e. The Hall–Kier alpha value is -1.99. The van der Waals surface area contributed by atoms with E-state index in [0.717, 1.165) is 12.1 Å². The third-order valence-electron chi connectivity index (χ3n) is 4.82. The van der Waals surface area contributed by atoms with Crippen LogP contribution in [0, 0.1) is 17.6 Å². The van der Waals surface area contributed by atoms with Gasteiger partial charge in [-0.3, -0.25) is 9.45 Å². The van der Waals surface area contributed by atoms with Gasteiger partial charge in [-0.25, -0.2) is 13.6 Å². The third-order valence-corrected chi connectivity index (χ3v) is 5.65. The highest BCUT2D eigenvalue weighted by atomic mass is 32.2. The van der Waals surface area contributed by atoms with Crippen LogP contribution in [-0.2, 0) is 14.9 Å². The molecule has 182 valence electrons. The molecular weight excluding hydrogens is 463 g/mol. The van der Waals surface area contributed by atoms with E-state index in [0.29, 0.717) is 0 Å². The van der Waals surface area contributed by atoms with Crippen molar-refractivity contribution in [2.24, 2.45) is 5.92 Å². The smallest absolute Gasteiger partial charge is 0.407 e. The fourth-order valence-electron chi connectivity index (χ4n) is 3.54. The van der Waals surface area contributed by atoms with Gasteiger partial charge in [0.1, 0.15) is 5.60 Å². The number of hydrogen-bond acceptors (Lipinski definition) is 5. The molecule has 0 saturated carbocycles. The lowest BCUT2D eigenvalue weighted by molar-refractivity contribution is -0.172. The predicted octanol–water partition coefficient (Wildman–Crippen LogP) is 3.32. The van der Waals surface area contributed by atoms with Gasteiger partial charge in [-0.2, -0.15) is 21.6 Å². The number of rotatable bonds is 6. The average molecular weight is 488 g/mol. The number of amides is 1. The molecule has 2 rings (SSSR count). The number of nitrogens with zero attached hydrogens (tertiary/aromatic N) is 1. The van der Waals surface area contributed by atoms with Gasteiger partial charge in [0, 0.05) is 25.6 Å². The van der Waals surface area contributed by atoms with Crippen molar-refractivity contribution in [2.75, 3.05) is 25.4 Å². The van der Waals surface area contributed by atoms with Crippen molar-refractivity contribution in [2.45, 2.75) is 44.5 Å². The molecule has 3 atom stereocenters. The minimum atomic E-state index is -4.91. The minimum absolute atomic E-state index is 0.108. The van der Waals surface area contributed by atoms with Gasteiger partial charge < -0.3 is 10.1 Å². The normalized spacial score (nSPS) is 21.4. The monoisotopic (exact) mass is 488 g/mol. The van der Waals surface area contributed by atoms with Crippen LogP contribution in [-0.4, -0.2) is 67.2 Å². The molecule has 0 radical (unpaired) electrons. The van der Waals surface area contributed by atoms with Gasteiger partial charge in [-0.05, 0) is 38.5 Å². The molecule has 1 aliphatic rings. The number of hydrogen-bond donors (Lipinski definition) is 2. The van der Waals surface area contributed by atoms with E-state index >= 15 is 0 Å². The summed E-state index contributed by atoms with van der Waals surface area (Å²) in [4.78, 5) is 13.5. The van der Waals surface area contributed by atoms with Crippen LogP contribution in [0.25, 0.3) is 0 Å². The molecule has 32 heavy (non-hydrogen) atoms. The van der Waals surface area contributed by atoms with Crippen molar-refractivity contribution in [3.8, 4) is 0 Å². The first-order valence-corrected chi connectivity index (χ1v) is 11.2. The van der Waals surface area contributed by atoms with E-state index in [2.05, 4.69) is 5.32 Å². The Balaban J connectivity index is 2.27. The Labute approximate surface area is 182 Å². The van der Waals surface area contributed by atoms with Crippen LogP contribution in [0.15, 0.2) is 18.2 Å². The first-order valence-electron chi connectivity index (χ1n) is 9.63. The highest BCUT2D eigenvalue weighted by molar-refractivity contribution is 7.85. The van der Waals surface area contributed by atoms with Gasteiger partial charge >= 0.3 is 12.3 Å². The lowest BCUT2D eigenvalue weighted by Crippen LogP contribution is -2.44. The van der Waals surface area contributed by atoms with Crippen LogP contribution in [0.1, 0.15) is 32.3 Å². The number of alkyl carbamates (subject to hydrolysis) is 1. The Morgan fingerprint density at radius 1 is 1.22 bits per heavy atom. The summed E-state index contributed by atoms with van der Waals surface area (Å²) in [5.41, 5.74) is -0.609. The molecule has 0 spiro atoms. The lowest BCUT2D eigenvalue weighted by Gasteiger charge is -2.25. The van der Waals surface area contributed by atoms with Crippen LogP contribution in [0.5, 0.6) is 0 Å². The van der Waals surface area contributed by atoms with Gasteiger partial charge in [0.15, 0.2) is 11.6 Å². The summed E-state index contributed by atoms with van der Waals surface area (Å²) in [6.07, 6.45) is -5.76.